The minimum absolute atomic E-state index is 0.0321. The van der Waals surface area contributed by atoms with Gasteiger partial charge in [0.1, 0.15) is 24.2 Å². The van der Waals surface area contributed by atoms with Gasteiger partial charge in [0.2, 0.25) is 0 Å². The zero-order chi connectivity index (χ0) is 23.8. The fourth-order valence-electron chi connectivity index (χ4n) is 5.34. The van der Waals surface area contributed by atoms with E-state index in [0.29, 0.717) is 24.6 Å². The number of thiophene rings is 1. The van der Waals surface area contributed by atoms with Crippen molar-refractivity contribution >= 4 is 34.0 Å². The van der Waals surface area contributed by atoms with Crippen LogP contribution in [0.25, 0.3) is 21.3 Å². The van der Waals surface area contributed by atoms with Crippen LogP contribution in [0.3, 0.4) is 0 Å². The second-order valence-corrected chi connectivity index (χ2v) is 10.7. The minimum atomic E-state index is -0.0916. The normalized spacial score (nSPS) is 20.6. The number of amides is 1. The van der Waals surface area contributed by atoms with E-state index in [2.05, 4.69) is 16.1 Å². The zero-order valence-electron chi connectivity index (χ0n) is 19.5. The second kappa shape index (κ2) is 7.53. The Morgan fingerprint density at radius 3 is 2.91 bits per heavy atom. The second-order valence-electron chi connectivity index (χ2n) is 9.59. The Labute approximate surface area is 206 Å². The van der Waals surface area contributed by atoms with Gasteiger partial charge in [-0.1, -0.05) is 0 Å². The lowest BCUT2D eigenvalue weighted by Crippen LogP contribution is -2.37. The van der Waals surface area contributed by atoms with Crippen LogP contribution in [-0.2, 0) is 18.4 Å². The van der Waals surface area contributed by atoms with Crippen LogP contribution >= 0.6 is 11.3 Å². The quantitative estimate of drug-likeness (QED) is 0.452. The van der Waals surface area contributed by atoms with Gasteiger partial charge in [-0.25, -0.2) is 4.98 Å². The van der Waals surface area contributed by atoms with Crippen LogP contribution in [-0.4, -0.2) is 38.2 Å². The number of nitrogens with zero attached hydrogens (tertiary/aromatic N) is 4. The van der Waals surface area contributed by atoms with E-state index in [1.165, 1.54) is 0 Å². The zero-order valence-corrected chi connectivity index (χ0v) is 20.3. The highest BCUT2D eigenvalue weighted by molar-refractivity contribution is 7.16. The summed E-state index contributed by atoms with van der Waals surface area (Å²) in [5, 5.41) is 5.23. The van der Waals surface area contributed by atoms with Gasteiger partial charge in [-0.15, -0.1) is 11.3 Å². The van der Waals surface area contributed by atoms with Gasteiger partial charge in [-0.2, -0.15) is 5.10 Å². The molecule has 5 heterocycles. The number of anilines is 1. The third kappa shape index (κ3) is 3.25. The van der Waals surface area contributed by atoms with Crippen LogP contribution < -0.4 is 10.5 Å². The number of rotatable bonds is 4. The maximum atomic E-state index is 14.0. The average molecular weight is 488 g/mol. The van der Waals surface area contributed by atoms with Gasteiger partial charge in [0.05, 0.1) is 29.3 Å². The predicted octanol–water partition coefficient (Wildman–Crippen LogP) is 4.61. The summed E-state index contributed by atoms with van der Waals surface area (Å²) in [6.45, 7) is 2.96. The Kier molecular flexibility index (Phi) is 4.50. The van der Waals surface area contributed by atoms with Crippen molar-refractivity contribution in [1.82, 2.24) is 19.7 Å². The molecule has 1 saturated carbocycles. The van der Waals surface area contributed by atoms with Crippen LogP contribution in [0.15, 0.2) is 36.7 Å². The van der Waals surface area contributed by atoms with Gasteiger partial charge in [-0.05, 0) is 49.6 Å². The first-order chi connectivity index (χ1) is 17.0. The van der Waals surface area contributed by atoms with Crippen LogP contribution in [0.4, 0.5) is 5.82 Å². The molecule has 7 rings (SSSR count). The number of carbonyl (C=O) groups is 1. The molecule has 2 N–H and O–H groups in total. The highest BCUT2D eigenvalue weighted by Gasteiger charge is 2.43. The van der Waals surface area contributed by atoms with E-state index >= 15 is 0 Å². The lowest BCUT2D eigenvalue weighted by atomic mass is 9.99. The van der Waals surface area contributed by atoms with Crippen molar-refractivity contribution in [3.05, 3.63) is 58.2 Å². The summed E-state index contributed by atoms with van der Waals surface area (Å²) < 4.78 is 13.7. The fraction of sp³-hybridized carbons (Fsp3) is 0.346. The van der Waals surface area contributed by atoms with E-state index in [-0.39, 0.29) is 24.1 Å². The lowest BCUT2D eigenvalue weighted by Gasteiger charge is -2.28. The summed E-state index contributed by atoms with van der Waals surface area (Å²) in [5.74, 6) is 1.41. The average Bonchev–Trinajstić information content (AvgIpc) is 3.15. The monoisotopic (exact) mass is 487 g/mol. The Hall–Kier alpha value is -3.43. The molecule has 0 radical (unpaired) electrons. The molecule has 3 aromatic heterocycles. The van der Waals surface area contributed by atoms with Crippen molar-refractivity contribution in [2.24, 2.45) is 7.05 Å². The Bertz CT molecular complexity index is 1500. The summed E-state index contributed by atoms with van der Waals surface area (Å²) in [7, 11) is 1.91. The fourth-order valence-corrected chi connectivity index (χ4v) is 6.50. The molecule has 2 aliphatic heterocycles. The number of nitrogen functional groups attached to an aromatic ring is 1. The number of carbonyl (C=O) groups excluding carboxylic acids is 1. The molecular formula is C26H25N5O3S. The van der Waals surface area contributed by atoms with Crippen molar-refractivity contribution in [3.8, 4) is 16.2 Å². The van der Waals surface area contributed by atoms with E-state index in [4.69, 9.17) is 15.2 Å². The van der Waals surface area contributed by atoms with Crippen molar-refractivity contribution < 1.29 is 14.3 Å². The molecule has 0 saturated heterocycles. The van der Waals surface area contributed by atoms with E-state index < -0.39 is 0 Å². The number of benzene rings is 1. The van der Waals surface area contributed by atoms with Crippen LogP contribution in [0.5, 0.6) is 5.75 Å². The Morgan fingerprint density at radius 2 is 2.14 bits per heavy atom. The van der Waals surface area contributed by atoms with E-state index in [1.807, 2.05) is 49.5 Å². The molecule has 1 aliphatic carbocycles. The predicted molar refractivity (Wildman–Crippen MR) is 133 cm³/mol. The van der Waals surface area contributed by atoms with E-state index in [0.717, 1.165) is 55.9 Å². The molecule has 4 aromatic rings. The first kappa shape index (κ1) is 20.9. The molecule has 9 heteroatoms. The standard InChI is InChI=1S/C26H25N5O3S/c1-13-23-18(11-33-13)17-7-14(3-6-19(17)29-25(23)27)26(32)31(16-4-5-16)20-12-34-21-8-22(35-24(20)21)15-9-28-30(2)10-15/h3,6-10,13,16,20H,4-5,11-12H2,1-2H3,(H2,27,29). The van der Waals surface area contributed by atoms with Crippen molar-refractivity contribution in [3.63, 3.8) is 0 Å². The van der Waals surface area contributed by atoms with Gasteiger partial charge in [0, 0.05) is 46.2 Å². The van der Waals surface area contributed by atoms with Crippen LogP contribution in [0, 0.1) is 0 Å². The van der Waals surface area contributed by atoms with Gasteiger partial charge >= 0.3 is 0 Å². The van der Waals surface area contributed by atoms with Gasteiger partial charge in [0.25, 0.3) is 5.91 Å². The Morgan fingerprint density at radius 1 is 1.29 bits per heavy atom. The summed E-state index contributed by atoms with van der Waals surface area (Å²) >= 11 is 1.69. The SMILES string of the molecule is CC1OCc2c1c(N)nc1ccc(C(=O)N(C3CC3)C3COc4cc(-c5cnn(C)c5)sc43)cc21. The smallest absolute Gasteiger partial charge is 0.254 e. The van der Waals surface area contributed by atoms with Crippen molar-refractivity contribution in [2.75, 3.05) is 12.3 Å². The van der Waals surface area contributed by atoms with Crippen LogP contribution in [0.1, 0.15) is 58.3 Å². The van der Waals surface area contributed by atoms with E-state index in [1.54, 1.807) is 16.0 Å². The minimum Gasteiger partial charge on any atom is -0.490 e. The molecule has 8 nitrogen and oxygen atoms in total. The molecule has 0 bridgehead atoms. The van der Waals surface area contributed by atoms with Crippen molar-refractivity contribution in [2.45, 2.75) is 44.6 Å². The van der Waals surface area contributed by atoms with Crippen LogP contribution in [0.2, 0.25) is 0 Å². The number of fused-ring (bicyclic) bond motifs is 4. The summed E-state index contributed by atoms with van der Waals surface area (Å²) in [6.07, 6.45) is 5.80. The van der Waals surface area contributed by atoms with Gasteiger partial charge in [-0.3, -0.25) is 9.48 Å². The molecule has 1 amide bonds. The third-order valence-corrected chi connectivity index (χ3v) is 8.49. The first-order valence-corrected chi connectivity index (χ1v) is 12.7. The van der Waals surface area contributed by atoms with E-state index in [9.17, 15) is 4.79 Å². The number of hydrogen-bond donors (Lipinski definition) is 1. The molecule has 0 spiro atoms. The summed E-state index contributed by atoms with van der Waals surface area (Å²) in [4.78, 5) is 22.8. The van der Waals surface area contributed by atoms with Gasteiger partial charge < -0.3 is 20.1 Å². The number of aromatic nitrogens is 3. The van der Waals surface area contributed by atoms with Gasteiger partial charge in [0.15, 0.2) is 0 Å². The summed E-state index contributed by atoms with van der Waals surface area (Å²) in [5.41, 5.74) is 10.7. The summed E-state index contributed by atoms with van der Waals surface area (Å²) in [6, 6.07) is 7.95. The molecule has 1 aromatic carbocycles. The maximum Gasteiger partial charge on any atom is 0.254 e. The highest BCUT2D eigenvalue weighted by Crippen LogP contribution is 2.49. The molecule has 178 valence electrons. The first-order valence-electron chi connectivity index (χ1n) is 11.9. The number of ether oxygens (including phenoxy) is 2. The highest BCUT2D eigenvalue weighted by atomic mass is 32.1. The number of aryl methyl sites for hydroxylation is 1. The largest absolute Gasteiger partial charge is 0.490 e. The molecule has 1 fully saturated rings. The lowest BCUT2D eigenvalue weighted by molar-refractivity contribution is 0.0633. The maximum absolute atomic E-state index is 14.0. The van der Waals surface area contributed by atoms with Crippen molar-refractivity contribution in [1.29, 1.82) is 0 Å². The number of pyridine rings is 1. The number of hydrogen-bond acceptors (Lipinski definition) is 7. The molecule has 35 heavy (non-hydrogen) atoms. The molecule has 2 atom stereocenters. The Balaban J connectivity index is 1.26. The molecule has 3 aliphatic rings. The molecular weight excluding hydrogens is 462 g/mol. The number of nitrogens with two attached hydrogens (primary N) is 1. The topological polar surface area (TPSA) is 95.5 Å². The third-order valence-electron chi connectivity index (χ3n) is 7.22. The molecule has 2 unspecified atom stereocenters.